The standard InChI is InChI=1S/C42H53N3O13/c1-20-11-10-12-21(2)41(53)44-32-27(19-43-45-14-17-55-18-15-45)36(50)29-30(37(32)51)35(49)25(6)39-31(29)40(52)42(8,58-39)56-16-13-28(54-9)22(3)38(57-26(7)46)24(5)34(48)23(4)33(20)47/h10-13,16,19-20,22-24,28,33-34,38,47-49H,14-15,17-18H2,1-9H3,(H,44,53)/b11-10+,16-13+,21-12-,43-19+/t20-,22+,23+,24+,28-,33-,34+,38+,42-/m0/s1. The van der Waals surface area contributed by atoms with Crippen LogP contribution in [-0.2, 0) is 28.5 Å². The SMILES string of the molecule is CO[C@H]1/C=C/O[C@@]2(C)Oc3c(C)c(O)c4c(c3C2=O)C(=O)C(/C=N/N2CCOCC2)=C(NC(=O)/C(C)=C\C=C\[C@H](C)[C@H](O)[C@@H](C)[C@@H](O)[C@@H](C)[C@H](OC(C)=O)[C@@H]1C)C4=O. The highest BCUT2D eigenvalue weighted by molar-refractivity contribution is 6.37. The molecule has 0 aromatic heterocycles. The molecule has 0 unspecified atom stereocenters. The van der Waals surface area contributed by atoms with E-state index in [0.29, 0.717) is 26.3 Å². The molecule has 314 valence electrons. The van der Waals surface area contributed by atoms with E-state index in [1.54, 1.807) is 44.9 Å². The molecule has 0 radical (unpaired) electrons. The van der Waals surface area contributed by atoms with Gasteiger partial charge in [-0.25, -0.2) is 0 Å². The monoisotopic (exact) mass is 807 g/mol. The first-order chi connectivity index (χ1) is 27.3. The Balaban J connectivity index is 1.66. The van der Waals surface area contributed by atoms with Crippen molar-refractivity contribution in [2.24, 2.45) is 28.8 Å². The molecular formula is C42H53N3O13. The first-order valence-electron chi connectivity index (χ1n) is 19.2. The number of carbonyl (C=O) groups is 5. The van der Waals surface area contributed by atoms with E-state index in [0.717, 1.165) is 12.5 Å². The number of carbonyl (C=O) groups excluding carboxylic acids is 5. The molecule has 9 atom stereocenters. The van der Waals surface area contributed by atoms with E-state index < -0.39 is 106 Å². The Hall–Kier alpha value is -5.16. The Labute approximate surface area is 337 Å². The molecule has 0 saturated carbocycles. The molecule has 1 aromatic rings. The molecule has 5 aliphatic rings. The number of methoxy groups -OCH3 is 1. The molecule has 16 heteroatoms. The summed E-state index contributed by atoms with van der Waals surface area (Å²) in [7, 11) is 1.42. The molecular weight excluding hydrogens is 754 g/mol. The summed E-state index contributed by atoms with van der Waals surface area (Å²) < 4.78 is 28.8. The Kier molecular flexibility index (Phi) is 13.5. The third kappa shape index (κ3) is 8.51. The summed E-state index contributed by atoms with van der Waals surface area (Å²) in [6.07, 6.45) is 4.47. The predicted molar refractivity (Wildman–Crippen MR) is 209 cm³/mol. The number of aromatic hydroxyl groups is 1. The molecule has 1 fully saturated rings. The van der Waals surface area contributed by atoms with Gasteiger partial charge in [-0.1, -0.05) is 45.9 Å². The number of hydrogen-bond donors (Lipinski definition) is 4. The maximum absolute atomic E-state index is 14.6. The number of allylic oxidation sites excluding steroid dienone is 4. The summed E-state index contributed by atoms with van der Waals surface area (Å²) in [5.41, 5.74) is -1.92. The Morgan fingerprint density at radius 3 is 2.28 bits per heavy atom. The average molecular weight is 808 g/mol. The van der Waals surface area contributed by atoms with Gasteiger partial charge in [-0.05, 0) is 19.9 Å². The van der Waals surface area contributed by atoms with Gasteiger partial charge >= 0.3 is 11.8 Å². The highest BCUT2D eigenvalue weighted by Gasteiger charge is 2.52. The van der Waals surface area contributed by atoms with Crippen LogP contribution in [0.5, 0.6) is 11.5 Å². The maximum atomic E-state index is 14.6. The van der Waals surface area contributed by atoms with Crippen molar-refractivity contribution in [1.29, 1.82) is 0 Å². The number of aliphatic hydroxyl groups excluding tert-OH is 2. The minimum absolute atomic E-state index is 0.0203. The van der Waals surface area contributed by atoms with E-state index in [1.807, 2.05) is 0 Å². The lowest BCUT2D eigenvalue weighted by Gasteiger charge is -2.38. The van der Waals surface area contributed by atoms with Gasteiger partial charge in [-0.2, -0.15) is 5.10 Å². The number of nitrogens with one attached hydrogen (secondary N) is 1. The second kappa shape index (κ2) is 17.8. The molecule has 1 saturated heterocycles. The summed E-state index contributed by atoms with van der Waals surface area (Å²) >= 11 is 0. The average Bonchev–Trinajstić information content (AvgIpc) is 3.46. The minimum atomic E-state index is -2.10. The van der Waals surface area contributed by atoms with Crippen molar-refractivity contribution >= 4 is 35.4 Å². The number of morpholine rings is 1. The van der Waals surface area contributed by atoms with Gasteiger partial charge in [-0.3, -0.25) is 29.0 Å². The molecule has 16 nitrogen and oxygen atoms in total. The number of hydrazone groups is 1. The van der Waals surface area contributed by atoms with Gasteiger partial charge in [0.15, 0.2) is 5.78 Å². The van der Waals surface area contributed by atoms with Gasteiger partial charge in [0.25, 0.3) is 11.7 Å². The van der Waals surface area contributed by atoms with Gasteiger partial charge < -0.3 is 44.3 Å². The van der Waals surface area contributed by atoms with Gasteiger partial charge in [0.1, 0.15) is 23.3 Å². The lowest BCUT2D eigenvalue weighted by atomic mass is 9.78. The van der Waals surface area contributed by atoms with Gasteiger partial charge in [0.2, 0.25) is 5.78 Å². The van der Waals surface area contributed by atoms with Crippen molar-refractivity contribution < 1.29 is 63.0 Å². The second-order valence-corrected chi connectivity index (χ2v) is 15.4. The Bertz CT molecular complexity index is 1990. The number of Topliss-reactive ketones (excluding diaryl/α,β-unsaturated/α-hetero) is 3. The number of amides is 1. The molecule has 6 rings (SSSR count). The van der Waals surface area contributed by atoms with Crippen LogP contribution in [0.2, 0.25) is 0 Å². The number of esters is 1. The minimum Gasteiger partial charge on any atom is -0.507 e. The number of nitrogens with zero attached hydrogens (tertiary/aromatic N) is 2. The second-order valence-electron chi connectivity index (χ2n) is 15.4. The molecule has 4 N–H and O–H groups in total. The van der Waals surface area contributed by atoms with Crippen LogP contribution in [0, 0.1) is 30.6 Å². The van der Waals surface area contributed by atoms with Crippen LogP contribution < -0.4 is 10.1 Å². The van der Waals surface area contributed by atoms with Crippen molar-refractivity contribution in [3.05, 3.63) is 69.7 Å². The van der Waals surface area contributed by atoms with Crippen LogP contribution in [0.3, 0.4) is 0 Å². The number of ether oxygens (including phenoxy) is 5. The molecule has 4 aliphatic heterocycles. The summed E-state index contributed by atoms with van der Waals surface area (Å²) in [6.45, 7) is 13.8. The zero-order chi connectivity index (χ0) is 42.8. The summed E-state index contributed by atoms with van der Waals surface area (Å²) in [4.78, 5) is 69.2. The van der Waals surface area contributed by atoms with Crippen molar-refractivity contribution in [2.45, 2.75) is 85.6 Å². The summed E-state index contributed by atoms with van der Waals surface area (Å²) in [5.74, 6) is -9.44. The van der Waals surface area contributed by atoms with Crippen LogP contribution >= 0.6 is 0 Å². The lowest BCUT2D eigenvalue weighted by molar-refractivity contribution is -0.160. The predicted octanol–water partition coefficient (Wildman–Crippen LogP) is 3.32. The Morgan fingerprint density at radius 2 is 1.64 bits per heavy atom. The van der Waals surface area contributed by atoms with Crippen LogP contribution in [0.15, 0.2) is 52.5 Å². The first kappa shape index (κ1) is 44.0. The maximum Gasteiger partial charge on any atom is 0.312 e. The van der Waals surface area contributed by atoms with Crippen molar-refractivity contribution in [3.8, 4) is 11.5 Å². The largest absolute Gasteiger partial charge is 0.507 e. The fraction of sp³-hybridized carbons (Fsp3) is 0.524. The van der Waals surface area contributed by atoms with Gasteiger partial charge in [-0.15, -0.1) is 0 Å². The smallest absolute Gasteiger partial charge is 0.312 e. The van der Waals surface area contributed by atoms with Crippen molar-refractivity contribution in [1.82, 2.24) is 10.3 Å². The molecule has 0 spiro atoms. The van der Waals surface area contributed by atoms with E-state index in [9.17, 15) is 39.3 Å². The number of rotatable bonds is 4. The Morgan fingerprint density at radius 1 is 0.966 bits per heavy atom. The molecule has 1 amide bonds. The number of phenols is 1. The van der Waals surface area contributed by atoms with Crippen LogP contribution in [0.4, 0.5) is 0 Å². The van der Waals surface area contributed by atoms with E-state index in [1.165, 1.54) is 47.0 Å². The van der Waals surface area contributed by atoms with Crippen LogP contribution in [-0.4, -0.2) is 119 Å². The van der Waals surface area contributed by atoms with Crippen molar-refractivity contribution in [3.63, 3.8) is 0 Å². The van der Waals surface area contributed by atoms with E-state index in [-0.39, 0.29) is 28.0 Å². The highest BCUT2D eigenvalue weighted by atomic mass is 16.7. The molecule has 5 bridgehead atoms. The van der Waals surface area contributed by atoms with Gasteiger partial charge in [0, 0.05) is 55.8 Å². The summed E-state index contributed by atoms with van der Waals surface area (Å²) in [5, 5.41) is 42.8. The zero-order valence-corrected chi connectivity index (χ0v) is 34.2. The quantitative estimate of drug-likeness (QED) is 0.254. The molecule has 1 aromatic carbocycles. The molecule has 58 heavy (non-hydrogen) atoms. The lowest BCUT2D eigenvalue weighted by Crippen LogP contribution is -2.46. The third-order valence-corrected chi connectivity index (χ3v) is 11.3. The van der Waals surface area contributed by atoms with Gasteiger partial charge in [0.05, 0.1) is 79.4 Å². The number of benzene rings is 1. The number of fused-ring (bicyclic) bond motifs is 14. The molecule has 1 aliphatic carbocycles. The fourth-order valence-corrected chi connectivity index (χ4v) is 7.65. The van der Waals surface area contributed by atoms with Crippen LogP contribution in [0.1, 0.15) is 85.1 Å². The number of hydrogen-bond acceptors (Lipinski definition) is 15. The zero-order valence-electron chi connectivity index (χ0n) is 34.2. The third-order valence-electron chi connectivity index (χ3n) is 11.3. The van der Waals surface area contributed by atoms with E-state index in [4.69, 9.17) is 23.7 Å². The van der Waals surface area contributed by atoms with Crippen molar-refractivity contribution in [2.75, 3.05) is 33.4 Å². The first-order valence-corrected chi connectivity index (χ1v) is 19.2. The highest BCUT2D eigenvalue weighted by Crippen LogP contribution is 2.48. The number of ketones is 3. The number of aliphatic hydroxyl groups is 2. The molecule has 4 heterocycles. The normalized spacial score (nSPS) is 33.3. The van der Waals surface area contributed by atoms with Crippen LogP contribution in [0.25, 0.3) is 0 Å². The van der Waals surface area contributed by atoms with E-state index in [2.05, 4.69) is 10.4 Å². The number of phenolic OH excluding ortho intramolecular Hbond substituents is 1. The summed E-state index contributed by atoms with van der Waals surface area (Å²) in [6, 6.07) is 0. The fourth-order valence-electron chi connectivity index (χ4n) is 7.65. The van der Waals surface area contributed by atoms with E-state index >= 15 is 0 Å². The topological polar surface area (TPSA) is 220 Å².